The maximum Gasteiger partial charge on any atom is 0.0535 e. The number of aromatic amines is 1. The lowest BCUT2D eigenvalue weighted by molar-refractivity contribution is 0.649. The molecule has 1 aromatic rings. The third-order valence-corrected chi connectivity index (χ3v) is 3.67. The molecule has 0 radical (unpaired) electrons. The van der Waals surface area contributed by atoms with Crippen molar-refractivity contribution in [3.8, 4) is 0 Å². The highest BCUT2D eigenvalue weighted by Gasteiger charge is 2.24. The maximum absolute atomic E-state index is 4.20. The molecule has 2 N–H and O–H groups in total. The van der Waals surface area contributed by atoms with Gasteiger partial charge >= 0.3 is 0 Å². The zero-order chi connectivity index (χ0) is 10.1. The number of nitrogens with one attached hydrogen (secondary N) is 2. The molecule has 0 bridgehead atoms. The van der Waals surface area contributed by atoms with E-state index < -0.39 is 0 Å². The molecule has 3 rings (SSSR count). The third kappa shape index (κ3) is 2.07. The molecule has 1 aromatic heterocycles. The molecule has 0 atom stereocenters. The fourth-order valence-corrected chi connectivity index (χ4v) is 2.57. The van der Waals surface area contributed by atoms with Gasteiger partial charge in [0.05, 0.1) is 6.20 Å². The Kier molecular flexibility index (Phi) is 2.49. The zero-order valence-corrected chi connectivity index (χ0v) is 9.13. The van der Waals surface area contributed by atoms with Gasteiger partial charge in [0.2, 0.25) is 0 Å². The van der Waals surface area contributed by atoms with Crippen molar-refractivity contribution in [2.45, 2.75) is 57.0 Å². The number of rotatable bonds is 4. The van der Waals surface area contributed by atoms with Crippen LogP contribution in [0.1, 0.15) is 55.7 Å². The molecule has 0 saturated heterocycles. The molecule has 15 heavy (non-hydrogen) atoms. The highest BCUT2D eigenvalue weighted by molar-refractivity contribution is 5.21. The second-order valence-corrected chi connectivity index (χ2v) is 4.95. The summed E-state index contributed by atoms with van der Waals surface area (Å²) >= 11 is 0. The standard InChI is InChI=1S/C12H19N3/c1-2-4-9(3-1)12-10(8-14-15-12)7-13-11-5-6-11/h8-9,11,13H,1-7H2,(H,14,15). The predicted molar refractivity (Wildman–Crippen MR) is 59.7 cm³/mol. The van der Waals surface area contributed by atoms with Crippen molar-refractivity contribution in [2.24, 2.45) is 0 Å². The van der Waals surface area contributed by atoms with Crippen LogP contribution < -0.4 is 5.32 Å². The van der Waals surface area contributed by atoms with E-state index in [4.69, 9.17) is 0 Å². The fourth-order valence-electron chi connectivity index (χ4n) is 2.57. The van der Waals surface area contributed by atoms with E-state index in [9.17, 15) is 0 Å². The summed E-state index contributed by atoms with van der Waals surface area (Å²) in [6.07, 6.45) is 10.2. The summed E-state index contributed by atoms with van der Waals surface area (Å²) in [5, 5.41) is 11.0. The first-order valence-corrected chi connectivity index (χ1v) is 6.19. The first kappa shape index (κ1) is 9.40. The van der Waals surface area contributed by atoms with Gasteiger partial charge < -0.3 is 5.32 Å². The van der Waals surface area contributed by atoms with Gasteiger partial charge in [0.25, 0.3) is 0 Å². The second-order valence-electron chi connectivity index (χ2n) is 4.95. The Hall–Kier alpha value is -0.830. The molecule has 0 unspecified atom stereocenters. The minimum Gasteiger partial charge on any atom is -0.310 e. The first-order valence-electron chi connectivity index (χ1n) is 6.19. The van der Waals surface area contributed by atoms with Gasteiger partial charge in [-0.15, -0.1) is 0 Å². The summed E-state index contributed by atoms with van der Waals surface area (Å²) in [4.78, 5) is 0. The lowest BCUT2D eigenvalue weighted by Gasteiger charge is -2.09. The van der Waals surface area contributed by atoms with Crippen LogP contribution in [0.3, 0.4) is 0 Å². The van der Waals surface area contributed by atoms with Crippen molar-refractivity contribution in [1.29, 1.82) is 0 Å². The lowest BCUT2D eigenvalue weighted by Crippen LogP contribution is -2.16. The van der Waals surface area contributed by atoms with Gasteiger partial charge in [-0.25, -0.2) is 0 Å². The van der Waals surface area contributed by atoms with Crippen LogP contribution in [-0.2, 0) is 6.54 Å². The Balaban J connectivity index is 1.67. The quantitative estimate of drug-likeness (QED) is 0.792. The molecule has 2 aliphatic carbocycles. The molecule has 2 aliphatic rings. The Bertz CT molecular complexity index is 321. The van der Waals surface area contributed by atoms with Crippen LogP contribution >= 0.6 is 0 Å². The van der Waals surface area contributed by atoms with Gasteiger partial charge in [0.15, 0.2) is 0 Å². The molecule has 3 nitrogen and oxygen atoms in total. The lowest BCUT2D eigenvalue weighted by atomic mass is 10.0. The minimum absolute atomic E-state index is 0.753. The smallest absolute Gasteiger partial charge is 0.0535 e. The third-order valence-electron chi connectivity index (χ3n) is 3.67. The van der Waals surface area contributed by atoms with E-state index in [0.29, 0.717) is 0 Å². The van der Waals surface area contributed by atoms with Crippen LogP contribution in [0.2, 0.25) is 0 Å². The summed E-state index contributed by atoms with van der Waals surface area (Å²) in [5.41, 5.74) is 2.80. The average molecular weight is 205 g/mol. The van der Waals surface area contributed by atoms with Gasteiger partial charge in [-0.2, -0.15) is 5.10 Å². The van der Waals surface area contributed by atoms with Crippen molar-refractivity contribution in [1.82, 2.24) is 15.5 Å². The highest BCUT2D eigenvalue weighted by atomic mass is 15.1. The van der Waals surface area contributed by atoms with Crippen LogP contribution in [0.25, 0.3) is 0 Å². The van der Waals surface area contributed by atoms with E-state index in [1.165, 1.54) is 49.8 Å². The Morgan fingerprint density at radius 2 is 2.07 bits per heavy atom. The number of aromatic nitrogens is 2. The SMILES string of the molecule is c1n[nH]c(C2CCCC2)c1CNC1CC1. The molecule has 3 heteroatoms. The minimum atomic E-state index is 0.753. The van der Waals surface area contributed by atoms with E-state index in [-0.39, 0.29) is 0 Å². The van der Waals surface area contributed by atoms with Gasteiger partial charge in [-0.1, -0.05) is 12.8 Å². The topological polar surface area (TPSA) is 40.7 Å². The van der Waals surface area contributed by atoms with Gasteiger partial charge in [0.1, 0.15) is 0 Å². The van der Waals surface area contributed by atoms with Crippen LogP contribution in [0.15, 0.2) is 6.20 Å². The van der Waals surface area contributed by atoms with E-state index in [2.05, 4.69) is 15.5 Å². The molecular weight excluding hydrogens is 186 g/mol. The second kappa shape index (κ2) is 3.97. The molecule has 82 valence electrons. The largest absolute Gasteiger partial charge is 0.310 e. The number of H-pyrrole nitrogens is 1. The van der Waals surface area contributed by atoms with Crippen molar-refractivity contribution in [3.05, 3.63) is 17.5 Å². The van der Waals surface area contributed by atoms with Crippen LogP contribution in [-0.4, -0.2) is 16.2 Å². The Morgan fingerprint density at radius 3 is 2.80 bits per heavy atom. The summed E-state index contributed by atoms with van der Waals surface area (Å²) < 4.78 is 0. The molecule has 0 spiro atoms. The fraction of sp³-hybridized carbons (Fsp3) is 0.750. The predicted octanol–water partition coefficient (Wildman–Crippen LogP) is 2.32. The number of hydrogen-bond donors (Lipinski definition) is 2. The molecule has 0 aromatic carbocycles. The Morgan fingerprint density at radius 1 is 1.27 bits per heavy atom. The molecule has 1 heterocycles. The molecule has 0 amide bonds. The van der Waals surface area contributed by atoms with Crippen molar-refractivity contribution in [2.75, 3.05) is 0 Å². The molecule has 2 saturated carbocycles. The van der Waals surface area contributed by atoms with Crippen LogP contribution in [0.5, 0.6) is 0 Å². The Labute approximate surface area is 90.7 Å². The summed E-state index contributed by atoms with van der Waals surface area (Å²) in [5.74, 6) is 0.753. The summed E-state index contributed by atoms with van der Waals surface area (Å²) in [6, 6.07) is 0.788. The summed E-state index contributed by atoms with van der Waals surface area (Å²) in [6.45, 7) is 1.01. The van der Waals surface area contributed by atoms with Crippen molar-refractivity contribution in [3.63, 3.8) is 0 Å². The van der Waals surface area contributed by atoms with E-state index in [1.807, 2.05) is 6.20 Å². The van der Waals surface area contributed by atoms with Gasteiger partial charge in [-0.3, -0.25) is 5.10 Å². The monoisotopic (exact) mass is 205 g/mol. The van der Waals surface area contributed by atoms with Gasteiger partial charge in [0, 0.05) is 29.8 Å². The first-order chi connectivity index (χ1) is 7.43. The van der Waals surface area contributed by atoms with E-state index >= 15 is 0 Å². The number of hydrogen-bond acceptors (Lipinski definition) is 2. The van der Waals surface area contributed by atoms with E-state index in [0.717, 1.165) is 18.5 Å². The van der Waals surface area contributed by atoms with Crippen LogP contribution in [0, 0.1) is 0 Å². The number of nitrogens with zero attached hydrogens (tertiary/aromatic N) is 1. The molecule has 2 fully saturated rings. The highest BCUT2D eigenvalue weighted by Crippen LogP contribution is 2.34. The zero-order valence-electron chi connectivity index (χ0n) is 9.13. The maximum atomic E-state index is 4.20. The van der Waals surface area contributed by atoms with Crippen molar-refractivity contribution < 1.29 is 0 Å². The molecule has 0 aliphatic heterocycles. The summed E-state index contributed by atoms with van der Waals surface area (Å²) in [7, 11) is 0. The molecular formula is C12H19N3. The average Bonchev–Trinajstić information content (AvgIpc) is 2.79. The normalized spacial score (nSPS) is 22.4. The van der Waals surface area contributed by atoms with E-state index in [1.54, 1.807) is 0 Å². The van der Waals surface area contributed by atoms with Gasteiger partial charge in [-0.05, 0) is 25.7 Å². The van der Waals surface area contributed by atoms with Crippen molar-refractivity contribution >= 4 is 0 Å². The van der Waals surface area contributed by atoms with Crippen LogP contribution in [0.4, 0.5) is 0 Å².